The topological polar surface area (TPSA) is 29.3 Å². The van der Waals surface area contributed by atoms with Gasteiger partial charge in [-0.1, -0.05) is 11.6 Å². The largest absolute Gasteiger partial charge is 0.326 e. The number of nitrogens with two attached hydrogens (primary N) is 1. The highest BCUT2D eigenvalue weighted by Gasteiger charge is 2.35. The van der Waals surface area contributed by atoms with Gasteiger partial charge in [-0.15, -0.1) is 11.3 Å². The van der Waals surface area contributed by atoms with Crippen molar-refractivity contribution in [1.29, 1.82) is 0 Å². The van der Waals surface area contributed by atoms with Crippen molar-refractivity contribution in [3.63, 3.8) is 0 Å². The molecule has 2 N–H and O–H groups in total. The highest BCUT2D eigenvalue weighted by atomic mass is 35.5. The summed E-state index contributed by atoms with van der Waals surface area (Å²) in [5.41, 5.74) is 6.16. The van der Waals surface area contributed by atoms with Crippen LogP contribution in [0, 0.1) is 5.92 Å². The monoisotopic (exact) mass is 272 g/mol. The second kappa shape index (κ2) is 5.27. The van der Waals surface area contributed by atoms with E-state index >= 15 is 0 Å². The van der Waals surface area contributed by atoms with Crippen LogP contribution in [0.3, 0.4) is 0 Å². The lowest BCUT2D eigenvalue weighted by Gasteiger charge is -2.35. The summed E-state index contributed by atoms with van der Waals surface area (Å²) in [7, 11) is 2.19. The smallest absolute Gasteiger partial charge is 0.0931 e. The molecule has 3 atom stereocenters. The molecule has 1 aromatic heterocycles. The maximum Gasteiger partial charge on any atom is 0.0931 e. The predicted octanol–water partition coefficient (Wildman–Crippen LogP) is 3.52. The Morgan fingerprint density at radius 3 is 2.47 bits per heavy atom. The lowest BCUT2D eigenvalue weighted by molar-refractivity contribution is 0.152. The molecule has 0 saturated heterocycles. The second-order valence-electron chi connectivity index (χ2n) is 5.19. The first kappa shape index (κ1) is 13.3. The van der Waals surface area contributed by atoms with E-state index in [1.54, 1.807) is 11.3 Å². The summed E-state index contributed by atoms with van der Waals surface area (Å²) < 4.78 is 0.845. The molecule has 1 aliphatic rings. The lowest BCUT2D eigenvalue weighted by atomic mass is 10.0. The Morgan fingerprint density at radius 1 is 1.41 bits per heavy atom. The quantitative estimate of drug-likeness (QED) is 0.889. The Kier molecular flexibility index (Phi) is 4.14. The van der Waals surface area contributed by atoms with E-state index in [-0.39, 0.29) is 12.1 Å². The molecule has 0 aliphatic heterocycles. The normalized spacial score (nSPS) is 21.5. The van der Waals surface area contributed by atoms with Crippen molar-refractivity contribution in [1.82, 2.24) is 4.90 Å². The van der Waals surface area contributed by atoms with Crippen LogP contribution in [0.15, 0.2) is 12.1 Å². The molecule has 1 aromatic rings. The van der Waals surface area contributed by atoms with Crippen LogP contribution in [0.25, 0.3) is 0 Å². The van der Waals surface area contributed by atoms with Gasteiger partial charge in [0.15, 0.2) is 0 Å². The Morgan fingerprint density at radius 2 is 2.06 bits per heavy atom. The van der Waals surface area contributed by atoms with Crippen LogP contribution < -0.4 is 5.73 Å². The van der Waals surface area contributed by atoms with E-state index in [1.807, 2.05) is 6.07 Å². The van der Waals surface area contributed by atoms with Gasteiger partial charge in [0.05, 0.1) is 10.4 Å². The molecule has 96 valence electrons. The first-order valence-electron chi connectivity index (χ1n) is 6.23. The van der Waals surface area contributed by atoms with Gasteiger partial charge in [-0.3, -0.25) is 4.90 Å². The SMILES string of the molecule is CC(N)C(c1ccc(Cl)s1)N(C)C(C)C1CC1. The molecule has 0 bridgehead atoms. The molecule has 2 nitrogen and oxygen atoms in total. The van der Waals surface area contributed by atoms with E-state index in [2.05, 4.69) is 31.9 Å². The van der Waals surface area contributed by atoms with Gasteiger partial charge >= 0.3 is 0 Å². The number of likely N-dealkylation sites (N-methyl/N-ethyl adjacent to an activating group) is 1. The van der Waals surface area contributed by atoms with Crippen molar-refractivity contribution in [2.24, 2.45) is 11.7 Å². The summed E-state index contributed by atoms with van der Waals surface area (Å²) in [4.78, 5) is 3.70. The van der Waals surface area contributed by atoms with Gasteiger partial charge in [0.25, 0.3) is 0 Å². The zero-order valence-corrected chi connectivity index (χ0v) is 12.3. The molecule has 0 radical (unpaired) electrons. The number of hydrogen-bond acceptors (Lipinski definition) is 3. The molecule has 0 aromatic carbocycles. The fraction of sp³-hybridized carbons (Fsp3) is 0.692. The maximum absolute atomic E-state index is 6.16. The van der Waals surface area contributed by atoms with Crippen LogP contribution in [0.5, 0.6) is 0 Å². The van der Waals surface area contributed by atoms with E-state index < -0.39 is 0 Å². The molecular formula is C13H21ClN2S. The van der Waals surface area contributed by atoms with Gasteiger partial charge < -0.3 is 5.73 Å². The second-order valence-corrected chi connectivity index (χ2v) is 6.94. The van der Waals surface area contributed by atoms with Crippen molar-refractivity contribution in [2.45, 2.75) is 44.8 Å². The molecule has 2 rings (SSSR count). The summed E-state index contributed by atoms with van der Waals surface area (Å²) in [6.07, 6.45) is 2.73. The number of nitrogens with zero attached hydrogens (tertiary/aromatic N) is 1. The highest BCUT2D eigenvalue weighted by Crippen LogP contribution is 2.39. The fourth-order valence-electron chi connectivity index (χ4n) is 2.48. The molecule has 1 fully saturated rings. The van der Waals surface area contributed by atoms with Crippen molar-refractivity contribution < 1.29 is 0 Å². The molecular weight excluding hydrogens is 252 g/mol. The summed E-state index contributed by atoms with van der Waals surface area (Å²) in [6.45, 7) is 4.39. The summed E-state index contributed by atoms with van der Waals surface area (Å²) >= 11 is 7.67. The molecule has 3 unspecified atom stereocenters. The van der Waals surface area contributed by atoms with Crippen LogP contribution in [0.2, 0.25) is 4.34 Å². The summed E-state index contributed by atoms with van der Waals surface area (Å²) in [5.74, 6) is 0.858. The highest BCUT2D eigenvalue weighted by molar-refractivity contribution is 7.16. The molecule has 1 saturated carbocycles. The number of halogens is 1. The third-order valence-corrected chi connectivity index (χ3v) is 5.07. The Balaban J connectivity index is 2.16. The fourth-order valence-corrected chi connectivity index (χ4v) is 3.81. The molecule has 4 heteroatoms. The lowest BCUT2D eigenvalue weighted by Crippen LogP contribution is -2.42. The zero-order valence-electron chi connectivity index (χ0n) is 10.7. The number of thiophene rings is 1. The minimum atomic E-state index is 0.121. The molecule has 1 heterocycles. The Hall–Kier alpha value is -0.0900. The van der Waals surface area contributed by atoms with E-state index in [0.29, 0.717) is 6.04 Å². The van der Waals surface area contributed by atoms with Gasteiger partial charge in [0, 0.05) is 17.0 Å². The van der Waals surface area contributed by atoms with Gasteiger partial charge in [-0.05, 0) is 51.8 Å². The molecule has 0 amide bonds. The first-order valence-corrected chi connectivity index (χ1v) is 7.43. The van der Waals surface area contributed by atoms with Gasteiger partial charge in [-0.25, -0.2) is 0 Å². The van der Waals surface area contributed by atoms with Gasteiger partial charge in [0.1, 0.15) is 0 Å². The van der Waals surface area contributed by atoms with Gasteiger partial charge in [-0.2, -0.15) is 0 Å². The van der Waals surface area contributed by atoms with Gasteiger partial charge in [0.2, 0.25) is 0 Å². The minimum absolute atomic E-state index is 0.121. The zero-order chi connectivity index (χ0) is 12.6. The number of rotatable bonds is 5. The average molecular weight is 273 g/mol. The third-order valence-electron chi connectivity index (χ3n) is 3.77. The van der Waals surface area contributed by atoms with Crippen LogP contribution >= 0.6 is 22.9 Å². The maximum atomic E-state index is 6.16. The average Bonchev–Trinajstić information content (AvgIpc) is 3.02. The predicted molar refractivity (Wildman–Crippen MR) is 75.7 cm³/mol. The minimum Gasteiger partial charge on any atom is -0.326 e. The van der Waals surface area contributed by atoms with Crippen LogP contribution in [0.1, 0.15) is 37.6 Å². The van der Waals surface area contributed by atoms with Crippen molar-refractivity contribution in [3.05, 3.63) is 21.3 Å². The van der Waals surface area contributed by atoms with E-state index in [1.165, 1.54) is 17.7 Å². The van der Waals surface area contributed by atoms with E-state index in [4.69, 9.17) is 17.3 Å². The van der Waals surface area contributed by atoms with Crippen molar-refractivity contribution in [2.75, 3.05) is 7.05 Å². The van der Waals surface area contributed by atoms with Crippen LogP contribution in [-0.2, 0) is 0 Å². The standard InChI is InChI=1S/C13H21ClN2S/c1-8(15)13(11-6-7-12(14)17-11)16(3)9(2)10-4-5-10/h6-10,13H,4-5,15H2,1-3H3. The van der Waals surface area contributed by atoms with Crippen molar-refractivity contribution in [3.8, 4) is 0 Å². The van der Waals surface area contributed by atoms with Crippen LogP contribution in [0.4, 0.5) is 0 Å². The first-order chi connectivity index (χ1) is 8.00. The Bertz CT molecular complexity index is 373. The van der Waals surface area contributed by atoms with E-state index in [9.17, 15) is 0 Å². The number of hydrogen-bond donors (Lipinski definition) is 1. The Labute approximate surface area is 113 Å². The van der Waals surface area contributed by atoms with Crippen molar-refractivity contribution >= 4 is 22.9 Å². The van der Waals surface area contributed by atoms with E-state index in [0.717, 1.165) is 10.3 Å². The summed E-state index contributed by atoms with van der Waals surface area (Å²) in [5, 5.41) is 0. The molecule has 0 spiro atoms. The molecule has 17 heavy (non-hydrogen) atoms. The molecule has 1 aliphatic carbocycles. The summed E-state index contributed by atoms with van der Waals surface area (Å²) in [6, 6.07) is 5.08. The van der Waals surface area contributed by atoms with Crippen LogP contribution in [-0.4, -0.2) is 24.0 Å². The third kappa shape index (κ3) is 3.02.